The number of halogens is 2. The van der Waals surface area contributed by atoms with Crippen LogP contribution < -0.4 is 5.32 Å². The van der Waals surface area contributed by atoms with Gasteiger partial charge in [0.1, 0.15) is 0 Å². The zero-order valence-electron chi connectivity index (χ0n) is 9.67. The summed E-state index contributed by atoms with van der Waals surface area (Å²) in [5, 5.41) is 4.93. The highest BCUT2D eigenvalue weighted by atomic mass is 79.9. The minimum atomic E-state index is -0.0414. The molecule has 1 amide bonds. The maximum Gasteiger partial charge on any atom is 0.251 e. The average Bonchev–Trinajstić information content (AvgIpc) is 2.72. The van der Waals surface area contributed by atoms with Crippen molar-refractivity contribution in [3.63, 3.8) is 0 Å². The number of nitrogens with one attached hydrogen (secondary N) is 1. The molecule has 0 spiro atoms. The normalized spacial score (nSPS) is 10.4. The van der Waals surface area contributed by atoms with Crippen LogP contribution in [-0.2, 0) is 6.54 Å². The number of carbonyl (C=O) groups excluding carboxylic acids is 1. The molecule has 1 aromatic heterocycles. The Labute approximate surface area is 127 Å². The summed E-state index contributed by atoms with van der Waals surface area (Å²) >= 11 is 8.46. The number of carbonyl (C=O) groups is 1. The fraction of sp³-hybridized carbons (Fsp3) is 0.154. The molecule has 2 nitrogen and oxygen atoms in total. The highest BCUT2D eigenvalue weighted by Gasteiger charge is 2.10. The molecule has 0 aliphatic rings. The molecular weight excluding hydrogens is 378 g/mol. The molecule has 0 saturated carbocycles. The third-order valence-electron chi connectivity index (χ3n) is 2.53. The van der Waals surface area contributed by atoms with E-state index in [4.69, 9.17) is 0 Å². The molecule has 94 valence electrons. The Kier molecular flexibility index (Phi) is 4.59. The summed E-state index contributed by atoms with van der Waals surface area (Å²) in [4.78, 5) is 13.2. The van der Waals surface area contributed by atoms with Gasteiger partial charge in [-0.3, -0.25) is 4.79 Å². The molecular formula is C13H11Br2NOS. The minimum absolute atomic E-state index is 0.0414. The number of thiophene rings is 1. The van der Waals surface area contributed by atoms with Gasteiger partial charge < -0.3 is 5.32 Å². The molecule has 0 aliphatic carbocycles. The predicted octanol–water partition coefficient (Wildman–Crippen LogP) is 4.51. The standard InChI is InChI=1S/C13H11Br2NOS/c1-8-6-9(14)2-3-10(8)13(17)16-7-12-11(15)4-5-18-12/h2-6H,7H2,1H3,(H,16,17). The van der Waals surface area contributed by atoms with Gasteiger partial charge in [0.15, 0.2) is 0 Å². The largest absolute Gasteiger partial charge is 0.347 e. The Hall–Kier alpha value is -0.650. The third kappa shape index (κ3) is 3.22. The van der Waals surface area contributed by atoms with Gasteiger partial charge in [-0.2, -0.15) is 0 Å². The summed E-state index contributed by atoms with van der Waals surface area (Å²) in [7, 11) is 0. The van der Waals surface area contributed by atoms with Crippen molar-refractivity contribution in [2.24, 2.45) is 0 Å². The molecule has 0 fully saturated rings. The number of hydrogen-bond donors (Lipinski definition) is 1. The van der Waals surface area contributed by atoms with Gasteiger partial charge in [0.25, 0.3) is 5.91 Å². The summed E-state index contributed by atoms with van der Waals surface area (Å²) in [6.07, 6.45) is 0. The van der Waals surface area contributed by atoms with Crippen LogP contribution in [0.4, 0.5) is 0 Å². The summed E-state index contributed by atoms with van der Waals surface area (Å²) in [6.45, 7) is 2.48. The molecule has 1 aromatic carbocycles. The lowest BCUT2D eigenvalue weighted by molar-refractivity contribution is 0.0950. The molecule has 1 heterocycles. The first kappa shape index (κ1) is 13.8. The van der Waals surface area contributed by atoms with E-state index in [1.807, 2.05) is 36.6 Å². The molecule has 0 bridgehead atoms. The average molecular weight is 389 g/mol. The topological polar surface area (TPSA) is 29.1 Å². The van der Waals surface area contributed by atoms with E-state index in [1.54, 1.807) is 11.3 Å². The van der Waals surface area contributed by atoms with E-state index in [9.17, 15) is 4.79 Å². The number of hydrogen-bond acceptors (Lipinski definition) is 2. The molecule has 18 heavy (non-hydrogen) atoms. The fourth-order valence-corrected chi connectivity index (χ4v) is 3.50. The van der Waals surface area contributed by atoms with E-state index >= 15 is 0 Å². The molecule has 0 saturated heterocycles. The van der Waals surface area contributed by atoms with Crippen LogP contribution in [0.1, 0.15) is 20.8 Å². The molecule has 5 heteroatoms. The van der Waals surface area contributed by atoms with Crippen LogP contribution >= 0.6 is 43.2 Å². The van der Waals surface area contributed by atoms with E-state index in [1.165, 1.54) is 0 Å². The third-order valence-corrected chi connectivity index (χ3v) is 4.95. The highest BCUT2D eigenvalue weighted by molar-refractivity contribution is 9.10. The van der Waals surface area contributed by atoms with Crippen LogP contribution in [0.15, 0.2) is 38.6 Å². The number of rotatable bonds is 3. The highest BCUT2D eigenvalue weighted by Crippen LogP contribution is 2.22. The Morgan fingerprint density at radius 3 is 2.72 bits per heavy atom. The fourth-order valence-electron chi connectivity index (χ4n) is 1.59. The van der Waals surface area contributed by atoms with Gasteiger partial charge in [-0.1, -0.05) is 15.9 Å². The van der Waals surface area contributed by atoms with Gasteiger partial charge in [-0.05, 0) is 58.1 Å². The molecule has 2 rings (SSSR count). The van der Waals surface area contributed by atoms with Gasteiger partial charge in [-0.15, -0.1) is 11.3 Å². The Bertz CT molecular complexity index is 580. The molecule has 0 aliphatic heterocycles. The Morgan fingerprint density at radius 2 is 2.11 bits per heavy atom. The van der Waals surface area contributed by atoms with Crippen LogP contribution in [0.25, 0.3) is 0 Å². The lowest BCUT2D eigenvalue weighted by Gasteiger charge is -2.07. The molecule has 0 atom stereocenters. The van der Waals surface area contributed by atoms with E-state index < -0.39 is 0 Å². The van der Waals surface area contributed by atoms with Gasteiger partial charge in [0.2, 0.25) is 0 Å². The Morgan fingerprint density at radius 1 is 1.33 bits per heavy atom. The molecule has 0 unspecified atom stereocenters. The van der Waals surface area contributed by atoms with Gasteiger partial charge in [0, 0.05) is 19.4 Å². The minimum Gasteiger partial charge on any atom is -0.347 e. The van der Waals surface area contributed by atoms with Crippen molar-refractivity contribution in [1.29, 1.82) is 0 Å². The second-order valence-electron chi connectivity index (χ2n) is 3.83. The SMILES string of the molecule is Cc1cc(Br)ccc1C(=O)NCc1sccc1Br. The monoisotopic (exact) mass is 387 g/mol. The summed E-state index contributed by atoms with van der Waals surface area (Å²) in [5.41, 5.74) is 1.68. The lowest BCUT2D eigenvalue weighted by atomic mass is 10.1. The smallest absolute Gasteiger partial charge is 0.251 e. The quantitative estimate of drug-likeness (QED) is 0.823. The first-order valence-electron chi connectivity index (χ1n) is 5.34. The number of amides is 1. The number of benzene rings is 1. The van der Waals surface area contributed by atoms with Crippen molar-refractivity contribution in [1.82, 2.24) is 5.32 Å². The van der Waals surface area contributed by atoms with Gasteiger partial charge in [0.05, 0.1) is 6.54 Å². The van der Waals surface area contributed by atoms with Crippen LogP contribution in [-0.4, -0.2) is 5.91 Å². The van der Waals surface area contributed by atoms with Crippen LogP contribution in [0.5, 0.6) is 0 Å². The van der Waals surface area contributed by atoms with E-state index in [2.05, 4.69) is 37.2 Å². The predicted molar refractivity (Wildman–Crippen MR) is 82.1 cm³/mol. The van der Waals surface area contributed by atoms with Crippen molar-refractivity contribution in [3.05, 3.63) is 54.6 Å². The molecule has 0 radical (unpaired) electrons. The zero-order valence-corrected chi connectivity index (χ0v) is 13.7. The van der Waals surface area contributed by atoms with E-state index in [0.717, 1.165) is 19.4 Å². The number of aryl methyl sites for hydroxylation is 1. The Balaban J connectivity index is 2.06. The van der Waals surface area contributed by atoms with E-state index in [-0.39, 0.29) is 5.91 Å². The van der Waals surface area contributed by atoms with Crippen molar-refractivity contribution in [3.8, 4) is 0 Å². The van der Waals surface area contributed by atoms with Gasteiger partial charge >= 0.3 is 0 Å². The van der Waals surface area contributed by atoms with Gasteiger partial charge in [-0.25, -0.2) is 0 Å². The summed E-state index contributed by atoms with van der Waals surface area (Å²) < 4.78 is 2.03. The summed E-state index contributed by atoms with van der Waals surface area (Å²) in [5.74, 6) is -0.0414. The second kappa shape index (κ2) is 5.99. The van der Waals surface area contributed by atoms with Crippen molar-refractivity contribution < 1.29 is 4.79 Å². The van der Waals surface area contributed by atoms with Crippen molar-refractivity contribution in [2.75, 3.05) is 0 Å². The first-order valence-corrected chi connectivity index (χ1v) is 7.80. The zero-order chi connectivity index (χ0) is 13.1. The lowest BCUT2D eigenvalue weighted by Crippen LogP contribution is -2.23. The van der Waals surface area contributed by atoms with Crippen LogP contribution in [0.2, 0.25) is 0 Å². The first-order chi connectivity index (χ1) is 8.58. The van der Waals surface area contributed by atoms with Crippen molar-refractivity contribution in [2.45, 2.75) is 13.5 Å². The maximum atomic E-state index is 12.0. The van der Waals surface area contributed by atoms with Crippen molar-refractivity contribution >= 4 is 49.1 Å². The second-order valence-corrected chi connectivity index (χ2v) is 6.60. The van der Waals surface area contributed by atoms with E-state index in [0.29, 0.717) is 12.1 Å². The van der Waals surface area contributed by atoms with Crippen LogP contribution in [0, 0.1) is 6.92 Å². The molecule has 1 N–H and O–H groups in total. The molecule has 2 aromatic rings. The van der Waals surface area contributed by atoms with Crippen LogP contribution in [0.3, 0.4) is 0 Å². The maximum absolute atomic E-state index is 12.0. The summed E-state index contributed by atoms with van der Waals surface area (Å²) in [6, 6.07) is 7.63.